The minimum atomic E-state index is -0.292. The van der Waals surface area contributed by atoms with Crippen molar-refractivity contribution in [1.29, 1.82) is 0 Å². The van der Waals surface area contributed by atoms with Crippen LogP contribution in [0.1, 0.15) is 22.8 Å². The number of hydrogen-bond acceptors (Lipinski definition) is 7. The fraction of sp³-hybridized carbons (Fsp3) is 0.455. The van der Waals surface area contributed by atoms with Crippen LogP contribution in [0, 0.1) is 11.8 Å². The fourth-order valence-electron chi connectivity index (χ4n) is 2.63. The molecule has 0 spiro atoms. The Labute approximate surface area is 183 Å². The van der Waals surface area contributed by atoms with Crippen LogP contribution in [0.5, 0.6) is 5.75 Å². The number of benzene rings is 1. The van der Waals surface area contributed by atoms with E-state index in [9.17, 15) is 4.79 Å². The second-order valence-electron chi connectivity index (χ2n) is 6.75. The van der Waals surface area contributed by atoms with Gasteiger partial charge >= 0.3 is 0 Å². The molecular formula is C22H30N4O5. The van der Waals surface area contributed by atoms with Gasteiger partial charge in [-0.05, 0) is 25.1 Å². The standard InChI is InChI=1S/C22H30N4O5/c1-17(15-28-3)31-20-13-18(6-5-8-23-9-11-30-16-29-4)12-19(14-20)22(27)24-21-7-10-26(2)25-21/h7,10,12-14,17,23H,8-9,11,15-16H2,1-4H3,(H,24,25,27)/t17-/m0/s1. The molecule has 31 heavy (non-hydrogen) atoms. The summed E-state index contributed by atoms with van der Waals surface area (Å²) in [4.78, 5) is 12.7. The minimum absolute atomic E-state index is 0.173. The molecule has 1 aromatic heterocycles. The molecule has 0 saturated heterocycles. The number of nitrogens with one attached hydrogen (secondary N) is 2. The summed E-state index contributed by atoms with van der Waals surface area (Å²) in [6, 6.07) is 6.93. The maximum absolute atomic E-state index is 12.7. The van der Waals surface area contributed by atoms with Gasteiger partial charge in [0.15, 0.2) is 5.82 Å². The molecule has 2 N–H and O–H groups in total. The van der Waals surface area contributed by atoms with Gasteiger partial charge in [0, 0.05) is 51.2 Å². The minimum Gasteiger partial charge on any atom is -0.488 e. The Kier molecular flexibility index (Phi) is 10.5. The van der Waals surface area contributed by atoms with E-state index in [1.807, 2.05) is 6.92 Å². The highest BCUT2D eigenvalue weighted by molar-refractivity contribution is 6.04. The van der Waals surface area contributed by atoms with E-state index >= 15 is 0 Å². The topological polar surface area (TPSA) is 95.9 Å². The maximum atomic E-state index is 12.7. The summed E-state index contributed by atoms with van der Waals surface area (Å²) in [5.74, 6) is 6.83. The maximum Gasteiger partial charge on any atom is 0.257 e. The average molecular weight is 431 g/mol. The number of methoxy groups -OCH3 is 2. The molecule has 1 aromatic carbocycles. The van der Waals surface area contributed by atoms with E-state index in [1.165, 1.54) is 0 Å². The average Bonchev–Trinajstić information content (AvgIpc) is 3.14. The van der Waals surface area contributed by atoms with Gasteiger partial charge in [0.05, 0.1) is 19.8 Å². The summed E-state index contributed by atoms with van der Waals surface area (Å²) in [5, 5.41) is 10.1. The van der Waals surface area contributed by atoms with Gasteiger partial charge in [-0.1, -0.05) is 11.8 Å². The first-order valence-electron chi connectivity index (χ1n) is 9.89. The molecule has 0 fully saturated rings. The van der Waals surface area contributed by atoms with Crippen molar-refractivity contribution in [2.45, 2.75) is 13.0 Å². The van der Waals surface area contributed by atoms with E-state index in [-0.39, 0.29) is 18.8 Å². The summed E-state index contributed by atoms with van der Waals surface area (Å²) in [5.41, 5.74) is 1.10. The van der Waals surface area contributed by atoms with Crippen molar-refractivity contribution in [3.8, 4) is 17.6 Å². The Bertz CT molecular complexity index is 888. The zero-order chi connectivity index (χ0) is 22.5. The number of amides is 1. The lowest BCUT2D eigenvalue weighted by Gasteiger charge is -2.15. The smallest absolute Gasteiger partial charge is 0.257 e. The van der Waals surface area contributed by atoms with Gasteiger partial charge in [-0.15, -0.1) is 0 Å². The molecule has 1 heterocycles. The molecule has 9 nitrogen and oxygen atoms in total. The second kappa shape index (κ2) is 13.4. The molecule has 1 amide bonds. The highest BCUT2D eigenvalue weighted by Crippen LogP contribution is 2.19. The summed E-state index contributed by atoms with van der Waals surface area (Å²) in [6.45, 7) is 4.27. The quantitative estimate of drug-likeness (QED) is 0.300. The Morgan fingerprint density at radius 3 is 2.81 bits per heavy atom. The molecule has 168 valence electrons. The van der Waals surface area contributed by atoms with E-state index < -0.39 is 0 Å². The fourth-order valence-corrected chi connectivity index (χ4v) is 2.63. The van der Waals surface area contributed by atoms with Crippen molar-refractivity contribution >= 4 is 11.7 Å². The summed E-state index contributed by atoms with van der Waals surface area (Å²) < 4.78 is 22.6. The lowest BCUT2D eigenvalue weighted by molar-refractivity contribution is -0.0287. The van der Waals surface area contributed by atoms with Crippen molar-refractivity contribution in [1.82, 2.24) is 15.1 Å². The third-order valence-electron chi connectivity index (χ3n) is 3.93. The predicted octanol–water partition coefficient (Wildman–Crippen LogP) is 1.65. The van der Waals surface area contributed by atoms with E-state index in [2.05, 4.69) is 27.6 Å². The molecular weight excluding hydrogens is 400 g/mol. The van der Waals surface area contributed by atoms with Crippen molar-refractivity contribution in [2.75, 3.05) is 52.6 Å². The molecule has 2 rings (SSSR count). The number of aryl methyl sites for hydroxylation is 1. The Balaban J connectivity index is 2.08. The Morgan fingerprint density at radius 1 is 1.26 bits per heavy atom. The van der Waals surface area contributed by atoms with Gasteiger partial charge in [-0.2, -0.15) is 5.10 Å². The summed E-state index contributed by atoms with van der Waals surface area (Å²) in [6.07, 6.45) is 1.58. The highest BCUT2D eigenvalue weighted by atomic mass is 16.7. The largest absolute Gasteiger partial charge is 0.488 e. The highest BCUT2D eigenvalue weighted by Gasteiger charge is 2.12. The lowest BCUT2D eigenvalue weighted by Crippen LogP contribution is -2.20. The number of nitrogens with zero attached hydrogens (tertiary/aromatic N) is 2. The van der Waals surface area contributed by atoms with E-state index in [0.29, 0.717) is 49.0 Å². The molecule has 0 aliphatic rings. The van der Waals surface area contributed by atoms with Crippen LogP contribution in [0.15, 0.2) is 30.5 Å². The van der Waals surface area contributed by atoms with Gasteiger partial charge in [-0.25, -0.2) is 0 Å². The molecule has 0 unspecified atom stereocenters. The van der Waals surface area contributed by atoms with Gasteiger partial charge in [0.25, 0.3) is 5.91 Å². The number of hydrogen-bond donors (Lipinski definition) is 2. The number of carbonyl (C=O) groups is 1. The van der Waals surface area contributed by atoms with Crippen LogP contribution in [0.3, 0.4) is 0 Å². The van der Waals surface area contributed by atoms with Crippen LogP contribution in [-0.4, -0.2) is 69.1 Å². The zero-order valence-corrected chi connectivity index (χ0v) is 18.4. The van der Waals surface area contributed by atoms with Gasteiger partial charge in [0.1, 0.15) is 18.6 Å². The first kappa shape index (κ1) is 24.4. The van der Waals surface area contributed by atoms with Crippen LogP contribution in [0.4, 0.5) is 5.82 Å². The van der Waals surface area contributed by atoms with Crippen molar-refractivity contribution in [3.05, 3.63) is 41.6 Å². The van der Waals surface area contributed by atoms with Crippen molar-refractivity contribution < 1.29 is 23.7 Å². The monoisotopic (exact) mass is 430 g/mol. The van der Waals surface area contributed by atoms with E-state index in [4.69, 9.17) is 18.9 Å². The zero-order valence-electron chi connectivity index (χ0n) is 18.4. The van der Waals surface area contributed by atoms with Crippen molar-refractivity contribution in [2.24, 2.45) is 7.05 Å². The van der Waals surface area contributed by atoms with Crippen LogP contribution in [0.2, 0.25) is 0 Å². The lowest BCUT2D eigenvalue weighted by atomic mass is 10.1. The third-order valence-corrected chi connectivity index (χ3v) is 3.93. The van der Waals surface area contributed by atoms with Crippen LogP contribution < -0.4 is 15.4 Å². The Morgan fingerprint density at radius 2 is 2.10 bits per heavy atom. The molecule has 0 aliphatic heterocycles. The van der Waals surface area contributed by atoms with Gasteiger partial charge < -0.3 is 29.6 Å². The van der Waals surface area contributed by atoms with Gasteiger partial charge in [0.2, 0.25) is 0 Å². The van der Waals surface area contributed by atoms with Crippen LogP contribution in [-0.2, 0) is 21.3 Å². The van der Waals surface area contributed by atoms with Crippen molar-refractivity contribution in [3.63, 3.8) is 0 Å². The normalized spacial score (nSPS) is 11.5. The van der Waals surface area contributed by atoms with Crippen LogP contribution in [0.25, 0.3) is 0 Å². The molecule has 0 radical (unpaired) electrons. The number of aromatic nitrogens is 2. The summed E-state index contributed by atoms with van der Waals surface area (Å²) in [7, 11) is 4.98. The predicted molar refractivity (Wildman–Crippen MR) is 117 cm³/mol. The van der Waals surface area contributed by atoms with Crippen LogP contribution >= 0.6 is 0 Å². The first-order chi connectivity index (χ1) is 15.0. The SMILES string of the molecule is COCOCCNCC#Cc1cc(O[C@@H](C)COC)cc(C(=O)Nc2ccn(C)n2)c1. The molecule has 2 aromatic rings. The van der Waals surface area contributed by atoms with Gasteiger partial charge in [-0.3, -0.25) is 9.48 Å². The second-order valence-corrected chi connectivity index (χ2v) is 6.75. The molecule has 0 saturated carbocycles. The number of ether oxygens (including phenoxy) is 4. The third kappa shape index (κ3) is 9.19. The van der Waals surface area contributed by atoms with E-state index in [0.717, 1.165) is 0 Å². The number of carbonyl (C=O) groups excluding carboxylic acids is 1. The number of rotatable bonds is 12. The molecule has 0 aliphatic carbocycles. The molecule has 9 heteroatoms. The first-order valence-corrected chi connectivity index (χ1v) is 9.89. The molecule has 1 atom stereocenters. The van der Waals surface area contributed by atoms with E-state index in [1.54, 1.807) is 56.4 Å². The molecule has 0 bridgehead atoms. The number of anilines is 1. The Hall–Kier alpha value is -2.90. The summed E-state index contributed by atoms with van der Waals surface area (Å²) >= 11 is 0.